The van der Waals surface area contributed by atoms with Crippen LogP contribution in [0.2, 0.25) is 0 Å². The van der Waals surface area contributed by atoms with Crippen LogP contribution in [0.1, 0.15) is 40.5 Å². The van der Waals surface area contributed by atoms with Gasteiger partial charge in [-0.25, -0.2) is 0 Å². The van der Waals surface area contributed by atoms with Gasteiger partial charge in [0.25, 0.3) is 0 Å². The van der Waals surface area contributed by atoms with E-state index in [0.717, 1.165) is 26.1 Å². The summed E-state index contributed by atoms with van der Waals surface area (Å²) in [7, 11) is 0. The smallest absolute Gasteiger partial charge is 0.105 e. The highest BCUT2D eigenvalue weighted by atomic mass is 32.2. The van der Waals surface area contributed by atoms with E-state index >= 15 is 0 Å². The minimum absolute atomic E-state index is 0.293. The van der Waals surface area contributed by atoms with E-state index in [2.05, 4.69) is 13.8 Å². The predicted molar refractivity (Wildman–Crippen MR) is 59.0 cm³/mol. The highest BCUT2D eigenvalue weighted by Crippen LogP contribution is 2.24. The fraction of sp³-hybridized carbons (Fsp3) is 1.00. The van der Waals surface area contributed by atoms with Gasteiger partial charge < -0.3 is 9.47 Å². The molecule has 0 rings (SSSR count). The molecule has 0 aliphatic rings. The molecular formula is C10H22O2S. The van der Waals surface area contributed by atoms with Crippen molar-refractivity contribution in [3.05, 3.63) is 0 Å². The second-order valence-electron chi connectivity index (χ2n) is 2.72. The van der Waals surface area contributed by atoms with Crippen molar-refractivity contribution < 1.29 is 9.47 Å². The molecule has 0 aromatic heterocycles. The Bertz CT molecular complexity index is 97.1. The van der Waals surface area contributed by atoms with Crippen LogP contribution in [0.15, 0.2) is 0 Å². The molecule has 0 spiro atoms. The highest BCUT2D eigenvalue weighted by Gasteiger charge is 2.13. The van der Waals surface area contributed by atoms with Crippen LogP contribution in [0.5, 0.6) is 0 Å². The van der Waals surface area contributed by atoms with Crippen molar-refractivity contribution in [3.8, 4) is 0 Å². The first kappa shape index (κ1) is 13.3. The van der Waals surface area contributed by atoms with Gasteiger partial charge in [-0.1, -0.05) is 25.6 Å². The van der Waals surface area contributed by atoms with Crippen LogP contribution in [-0.2, 0) is 9.47 Å². The molecule has 0 amide bonds. The van der Waals surface area contributed by atoms with E-state index in [9.17, 15) is 0 Å². The third-order valence-corrected chi connectivity index (χ3v) is 3.22. The van der Waals surface area contributed by atoms with Gasteiger partial charge in [0.1, 0.15) is 10.9 Å². The SMILES string of the molecule is CCOC(CC)SC(CC)OCC. The van der Waals surface area contributed by atoms with Crippen LogP contribution in [0.4, 0.5) is 0 Å². The predicted octanol–water partition coefficient (Wildman–Crippen LogP) is 3.26. The van der Waals surface area contributed by atoms with Crippen molar-refractivity contribution in [3.63, 3.8) is 0 Å². The lowest BCUT2D eigenvalue weighted by atomic mass is 10.5. The van der Waals surface area contributed by atoms with Gasteiger partial charge >= 0.3 is 0 Å². The summed E-state index contributed by atoms with van der Waals surface area (Å²) in [4.78, 5) is 0. The number of ether oxygens (including phenoxy) is 2. The average Bonchev–Trinajstić information content (AvgIpc) is 2.16. The summed E-state index contributed by atoms with van der Waals surface area (Å²) in [6.07, 6.45) is 2.09. The van der Waals surface area contributed by atoms with Gasteiger partial charge in [-0.2, -0.15) is 0 Å². The van der Waals surface area contributed by atoms with Gasteiger partial charge in [0.15, 0.2) is 0 Å². The normalized spacial score (nSPS) is 15.7. The summed E-state index contributed by atoms with van der Waals surface area (Å²) in [5.74, 6) is 0. The van der Waals surface area contributed by atoms with E-state index in [1.807, 2.05) is 13.8 Å². The number of hydrogen-bond donors (Lipinski definition) is 0. The summed E-state index contributed by atoms with van der Waals surface area (Å²) < 4.78 is 11.1. The highest BCUT2D eigenvalue weighted by molar-refractivity contribution is 8.00. The molecule has 0 saturated heterocycles. The second kappa shape index (κ2) is 8.85. The van der Waals surface area contributed by atoms with Crippen LogP contribution in [0.25, 0.3) is 0 Å². The van der Waals surface area contributed by atoms with E-state index in [4.69, 9.17) is 9.47 Å². The van der Waals surface area contributed by atoms with Crippen molar-refractivity contribution in [1.29, 1.82) is 0 Å². The van der Waals surface area contributed by atoms with Gasteiger partial charge in [0.2, 0.25) is 0 Å². The standard InChI is InChI=1S/C10H22O2S/c1-5-9(11-7-3)13-10(6-2)12-8-4/h9-10H,5-8H2,1-4H3. The largest absolute Gasteiger partial charge is 0.368 e. The van der Waals surface area contributed by atoms with Crippen molar-refractivity contribution in [2.75, 3.05) is 13.2 Å². The lowest BCUT2D eigenvalue weighted by molar-refractivity contribution is 0.101. The molecule has 0 aromatic rings. The van der Waals surface area contributed by atoms with Crippen LogP contribution in [0, 0.1) is 0 Å². The zero-order chi connectivity index (χ0) is 10.1. The molecule has 0 aliphatic heterocycles. The maximum Gasteiger partial charge on any atom is 0.105 e. The van der Waals surface area contributed by atoms with E-state index < -0.39 is 0 Å². The molecule has 0 radical (unpaired) electrons. The summed E-state index contributed by atoms with van der Waals surface area (Å²) in [5, 5.41) is 0. The van der Waals surface area contributed by atoms with E-state index in [1.54, 1.807) is 11.8 Å². The van der Waals surface area contributed by atoms with E-state index in [1.165, 1.54) is 0 Å². The molecule has 0 saturated carbocycles. The Balaban J connectivity index is 3.73. The lowest BCUT2D eigenvalue weighted by Gasteiger charge is -2.21. The van der Waals surface area contributed by atoms with Gasteiger partial charge in [-0.15, -0.1) is 0 Å². The lowest BCUT2D eigenvalue weighted by Crippen LogP contribution is -2.15. The molecule has 0 heterocycles. The van der Waals surface area contributed by atoms with Crippen LogP contribution >= 0.6 is 11.8 Å². The van der Waals surface area contributed by atoms with E-state index in [-0.39, 0.29) is 0 Å². The number of hydrogen-bond acceptors (Lipinski definition) is 3. The molecule has 2 unspecified atom stereocenters. The first-order valence-corrected chi connectivity index (χ1v) is 6.11. The first-order valence-electron chi connectivity index (χ1n) is 5.17. The molecule has 3 heteroatoms. The van der Waals surface area contributed by atoms with Gasteiger partial charge in [-0.3, -0.25) is 0 Å². The number of thioether (sulfide) groups is 1. The second-order valence-corrected chi connectivity index (χ2v) is 4.05. The van der Waals surface area contributed by atoms with Crippen molar-refractivity contribution in [1.82, 2.24) is 0 Å². The third-order valence-electron chi connectivity index (χ3n) is 1.68. The van der Waals surface area contributed by atoms with Gasteiger partial charge in [-0.05, 0) is 26.7 Å². The zero-order valence-electron chi connectivity index (χ0n) is 9.21. The van der Waals surface area contributed by atoms with Crippen LogP contribution < -0.4 is 0 Å². The maximum absolute atomic E-state index is 5.55. The van der Waals surface area contributed by atoms with Crippen LogP contribution in [-0.4, -0.2) is 24.1 Å². The molecular weight excluding hydrogens is 184 g/mol. The topological polar surface area (TPSA) is 18.5 Å². The molecule has 13 heavy (non-hydrogen) atoms. The molecule has 80 valence electrons. The average molecular weight is 206 g/mol. The Morgan fingerprint density at radius 2 is 1.23 bits per heavy atom. The molecule has 0 N–H and O–H groups in total. The summed E-state index contributed by atoms with van der Waals surface area (Å²) >= 11 is 1.79. The Morgan fingerprint density at radius 3 is 1.46 bits per heavy atom. The Hall–Kier alpha value is 0.270. The van der Waals surface area contributed by atoms with Crippen molar-refractivity contribution in [2.45, 2.75) is 51.4 Å². The summed E-state index contributed by atoms with van der Waals surface area (Å²) in [6.45, 7) is 9.93. The molecule has 0 aliphatic carbocycles. The Morgan fingerprint density at radius 1 is 0.846 bits per heavy atom. The maximum atomic E-state index is 5.55. The Labute approximate surface area is 86.4 Å². The molecule has 0 aromatic carbocycles. The molecule has 2 atom stereocenters. The zero-order valence-corrected chi connectivity index (χ0v) is 10.0. The third kappa shape index (κ3) is 6.36. The molecule has 2 nitrogen and oxygen atoms in total. The summed E-state index contributed by atoms with van der Waals surface area (Å²) in [5.41, 5.74) is 0.586. The molecule has 0 bridgehead atoms. The minimum Gasteiger partial charge on any atom is -0.368 e. The van der Waals surface area contributed by atoms with Gasteiger partial charge in [0.05, 0.1) is 0 Å². The fourth-order valence-electron chi connectivity index (χ4n) is 1.05. The quantitative estimate of drug-likeness (QED) is 0.568. The van der Waals surface area contributed by atoms with Crippen LogP contribution in [0.3, 0.4) is 0 Å². The fourth-order valence-corrected chi connectivity index (χ4v) is 2.20. The molecule has 0 fully saturated rings. The van der Waals surface area contributed by atoms with Gasteiger partial charge in [0, 0.05) is 13.2 Å². The minimum atomic E-state index is 0.293. The Kier molecular flexibility index (Phi) is 9.03. The first-order chi connectivity index (χ1) is 6.28. The van der Waals surface area contributed by atoms with Crippen molar-refractivity contribution in [2.24, 2.45) is 0 Å². The summed E-state index contributed by atoms with van der Waals surface area (Å²) in [6, 6.07) is 0. The van der Waals surface area contributed by atoms with Crippen molar-refractivity contribution >= 4 is 11.8 Å². The number of rotatable bonds is 8. The van der Waals surface area contributed by atoms with E-state index in [0.29, 0.717) is 10.9 Å². The monoisotopic (exact) mass is 206 g/mol.